The zero-order chi connectivity index (χ0) is 16.5. The Hall–Kier alpha value is -2.01. The van der Waals surface area contributed by atoms with E-state index >= 15 is 0 Å². The molecule has 1 aromatic heterocycles. The van der Waals surface area contributed by atoms with Gasteiger partial charge in [0.1, 0.15) is 5.75 Å². The second-order valence-electron chi connectivity index (χ2n) is 5.32. The molecular formula is C18H25N3OS. The molecule has 0 bridgehead atoms. The molecule has 2 N–H and O–H groups in total. The lowest BCUT2D eigenvalue weighted by Crippen LogP contribution is -2.37. The topological polar surface area (TPSA) is 45.7 Å². The highest BCUT2D eigenvalue weighted by molar-refractivity contribution is 7.11. The molecule has 0 atom stereocenters. The maximum atomic E-state index is 5.17. The number of thiophene rings is 1. The third kappa shape index (κ3) is 5.94. The van der Waals surface area contributed by atoms with Crippen LogP contribution in [0.25, 0.3) is 0 Å². The van der Waals surface area contributed by atoms with Gasteiger partial charge in [0.05, 0.1) is 13.7 Å². The van der Waals surface area contributed by atoms with E-state index in [1.54, 1.807) is 14.2 Å². The highest BCUT2D eigenvalue weighted by Crippen LogP contribution is 2.14. The van der Waals surface area contributed by atoms with Crippen molar-refractivity contribution in [3.63, 3.8) is 0 Å². The summed E-state index contributed by atoms with van der Waals surface area (Å²) in [5.74, 6) is 1.76. The number of ether oxygens (including phenoxy) is 1. The molecule has 0 radical (unpaired) electrons. The van der Waals surface area contributed by atoms with Crippen molar-refractivity contribution in [2.24, 2.45) is 4.99 Å². The van der Waals surface area contributed by atoms with Crippen molar-refractivity contribution in [2.45, 2.75) is 26.3 Å². The van der Waals surface area contributed by atoms with Crippen LogP contribution in [0.2, 0.25) is 0 Å². The molecule has 0 amide bonds. The van der Waals surface area contributed by atoms with E-state index in [0.717, 1.165) is 37.6 Å². The summed E-state index contributed by atoms with van der Waals surface area (Å²) < 4.78 is 5.17. The fourth-order valence-electron chi connectivity index (χ4n) is 2.26. The molecular weight excluding hydrogens is 306 g/mol. The fraction of sp³-hybridized carbons (Fsp3) is 0.389. The van der Waals surface area contributed by atoms with Gasteiger partial charge in [-0.25, -0.2) is 0 Å². The number of hydrogen-bond acceptors (Lipinski definition) is 3. The average Bonchev–Trinajstić information content (AvgIpc) is 3.00. The van der Waals surface area contributed by atoms with Crippen LogP contribution in [0.4, 0.5) is 0 Å². The fourth-order valence-corrected chi connectivity index (χ4v) is 3.09. The zero-order valence-corrected chi connectivity index (χ0v) is 14.9. The maximum absolute atomic E-state index is 5.17. The highest BCUT2D eigenvalue weighted by Gasteiger charge is 2.00. The van der Waals surface area contributed by atoms with Gasteiger partial charge in [0.25, 0.3) is 0 Å². The highest BCUT2D eigenvalue weighted by atomic mass is 32.1. The molecule has 5 heteroatoms. The summed E-state index contributed by atoms with van der Waals surface area (Å²) in [6, 6.07) is 12.5. The van der Waals surface area contributed by atoms with E-state index < -0.39 is 0 Å². The molecule has 0 saturated carbocycles. The minimum absolute atomic E-state index is 0.816. The lowest BCUT2D eigenvalue weighted by Gasteiger charge is -2.11. The molecule has 0 saturated heterocycles. The van der Waals surface area contributed by atoms with Crippen LogP contribution in [0.1, 0.15) is 21.7 Å². The Kier molecular flexibility index (Phi) is 6.94. The van der Waals surface area contributed by atoms with Crippen molar-refractivity contribution >= 4 is 17.3 Å². The molecule has 2 rings (SSSR count). The SMILES string of the molecule is CN=C(NCCCc1ccc(OC)cc1)NCc1ccc(C)s1. The Labute approximate surface area is 142 Å². The monoisotopic (exact) mass is 331 g/mol. The smallest absolute Gasteiger partial charge is 0.191 e. The van der Waals surface area contributed by atoms with Crippen molar-refractivity contribution < 1.29 is 4.74 Å². The number of rotatable bonds is 7. The van der Waals surface area contributed by atoms with Crippen LogP contribution < -0.4 is 15.4 Å². The molecule has 4 nitrogen and oxygen atoms in total. The number of aryl methyl sites for hydroxylation is 2. The van der Waals surface area contributed by atoms with Crippen molar-refractivity contribution in [3.05, 3.63) is 51.7 Å². The third-order valence-electron chi connectivity index (χ3n) is 3.54. The van der Waals surface area contributed by atoms with E-state index in [2.05, 4.69) is 46.8 Å². The second-order valence-corrected chi connectivity index (χ2v) is 6.69. The summed E-state index contributed by atoms with van der Waals surface area (Å²) >= 11 is 1.81. The van der Waals surface area contributed by atoms with Gasteiger partial charge in [0.2, 0.25) is 0 Å². The number of nitrogens with zero attached hydrogens (tertiary/aromatic N) is 1. The van der Waals surface area contributed by atoms with Crippen LogP contribution in [0, 0.1) is 6.92 Å². The molecule has 0 aliphatic rings. The van der Waals surface area contributed by atoms with Gasteiger partial charge in [-0.3, -0.25) is 4.99 Å². The Morgan fingerprint density at radius 3 is 2.52 bits per heavy atom. The summed E-state index contributed by atoms with van der Waals surface area (Å²) in [4.78, 5) is 6.92. The van der Waals surface area contributed by atoms with Gasteiger partial charge in [0, 0.05) is 23.3 Å². The Balaban J connectivity index is 1.67. The first-order chi connectivity index (χ1) is 11.2. The second kappa shape index (κ2) is 9.20. The van der Waals surface area contributed by atoms with Gasteiger partial charge in [0.15, 0.2) is 5.96 Å². The normalized spacial score (nSPS) is 11.3. The van der Waals surface area contributed by atoms with Gasteiger partial charge in [-0.2, -0.15) is 0 Å². The summed E-state index contributed by atoms with van der Waals surface area (Å²) in [6.45, 7) is 3.84. The first-order valence-electron chi connectivity index (χ1n) is 7.84. The van der Waals surface area contributed by atoms with Crippen LogP contribution in [-0.2, 0) is 13.0 Å². The quantitative estimate of drug-likeness (QED) is 0.464. The van der Waals surface area contributed by atoms with Gasteiger partial charge in [-0.15, -0.1) is 11.3 Å². The summed E-state index contributed by atoms with van der Waals surface area (Å²) in [6.07, 6.45) is 2.10. The largest absolute Gasteiger partial charge is 0.497 e. The van der Waals surface area contributed by atoms with E-state index in [4.69, 9.17) is 4.74 Å². The van der Waals surface area contributed by atoms with E-state index in [9.17, 15) is 0 Å². The van der Waals surface area contributed by atoms with Gasteiger partial charge < -0.3 is 15.4 Å². The summed E-state index contributed by atoms with van der Waals surface area (Å²) in [5, 5.41) is 6.70. The molecule has 2 aromatic rings. The molecule has 1 heterocycles. The molecule has 0 fully saturated rings. The van der Waals surface area contributed by atoms with E-state index in [0.29, 0.717) is 0 Å². The van der Waals surface area contributed by atoms with Crippen molar-refractivity contribution in [1.29, 1.82) is 0 Å². The number of benzene rings is 1. The third-order valence-corrected chi connectivity index (χ3v) is 4.54. The van der Waals surface area contributed by atoms with Crippen molar-refractivity contribution in [1.82, 2.24) is 10.6 Å². The summed E-state index contributed by atoms with van der Waals surface area (Å²) in [5.41, 5.74) is 1.32. The molecule has 0 unspecified atom stereocenters. The van der Waals surface area contributed by atoms with Crippen LogP contribution in [0.3, 0.4) is 0 Å². The Morgan fingerprint density at radius 2 is 1.91 bits per heavy atom. The molecule has 23 heavy (non-hydrogen) atoms. The summed E-state index contributed by atoms with van der Waals surface area (Å²) in [7, 11) is 3.49. The number of hydrogen-bond donors (Lipinski definition) is 2. The zero-order valence-electron chi connectivity index (χ0n) is 14.1. The van der Waals surface area contributed by atoms with Gasteiger partial charge in [-0.1, -0.05) is 12.1 Å². The number of guanidine groups is 1. The lowest BCUT2D eigenvalue weighted by atomic mass is 10.1. The minimum atomic E-state index is 0.816. The standard InChI is InChI=1S/C18H25N3OS/c1-14-6-11-17(23-14)13-21-18(19-2)20-12-4-5-15-7-9-16(22-3)10-8-15/h6-11H,4-5,12-13H2,1-3H3,(H2,19,20,21). The van der Waals surface area contributed by atoms with Crippen LogP contribution >= 0.6 is 11.3 Å². The van der Waals surface area contributed by atoms with E-state index in [-0.39, 0.29) is 0 Å². The number of aliphatic imine (C=N–C) groups is 1. The van der Waals surface area contributed by atoms with Crippen molar-refractivity contribution in [3.8, 4) is 5.75 Å². The van der Waals surface area contributed by atoms with Gasteiger partial charge >= 0.3 is 0 Å². The minimum Gasteiger partial charge on any atom is -0.497 e. The van der Waals surface area contributed by atoms with Crippen LogP contribution in [0.15, 0.2) is 41.4 Å². The molecule has 0 spiro atoms. The predicted molar refractivity (Wildman–Crippen MR) is 98.6 cm³/mol. The average molecular weight is 331 g/mol. The predicted octanol–water partition coefficient (Wildman–Crippen LogP) is 3.36. The molecule has 124 valence electrons. The Morgan fingerprint density at radius 1 is 1.13 bits per heavy atom. The van der Waals surface area contributed by atoms with Crippen LogP contribution in [0.5, 0.6) is 5.75 Å². The van der Waals surface area contributed by atoms with Crippen molar-refractivity contribution in [2.75, 3.05) is 20.7 Å². The maximum Gasteiger partial charge on any atom is 0.191 e. The lowest BCUT2D eigenvalue weighted by molar-refractivity contribution is 0.414. The Bertz CT molecular complexity index is 619. The van der Waals surface area contributed by atoms with Gasteiger partial charge in [-0.05, 0) is 49.6 Å². The van der Waals surface area contributed by atoms with Crippen LogP contribution in [-0.4, -0.2) is 26.7 Å². The molecule has 0 aliphatic carbocycles. The molecule has 1 aromatic carbocycles. The van der Waals surface area contributed by atoms with E-state index in [1.807, 2.05) is 23.5 Å². The first-order valence-corrected chi connectivity index (χ1v) is 8.65. The van der Waals surface area contributed by atoms with E-state index in [1.165, 1.54) is 15.3 Å². The first kappa shape index (κ1) is 17.3. The molecule has 0 aliphatic heterocycles. The number of nitrogens with one attached hydrogen (secondary N) is 2. The number of methoxy groups -OCH3 is 1.